The molecule has 0 atom stereocenters. The summed E-state index contributed by atoms with van der Waals surface area (Å²) in [5, 5.41) is 13.7. The van der Waals surface area contributed by atoms with Crippen molar-refractivity contribution in [2.45, 2.75) is 6.92 Å². The van der Waals surface area contributed by atoms with Crippen LogP contribution in [0.15, 0.2) is 30.6 Å². The van der Waals surface area contributed by atoms with Gasteiger partial charge in [-0.3, -0.25) is 4.68 Å². The fourth-order valence-electron chi connectivity index (χ4n) is 2.44. The van der Waals surface area contributed by atoms with Crippen LogP contribution in [0.5, 0.6) is 0 Å². The molecule has 0 bridgehead atoms. The summed E-state index contributed by atoms with van der Waals surface area (Å²) in [6.07, 6.45) is 1.52. The van der Waals surface area contributed by atoms with E-state index in [2.05, 4.69) is 25.4 Å². The van der Waals surface area contributed by atoms with E-state index in [-0.39, 0.29) is 0 Å². The molecule has 0 amide bonds. The first-order valence-corrected chi connectivity index (χ1v) is 6.21. The van der Waals surface area contributed by atoms with Crippen LogP contribution in [0.4, 0.5) is 0 Å². The van der Waals surface area contributed by atoms with Crippen LogP contribution in [0.25, 0.3) is 27.9 Å². The maximum absolute atomic E-state index is 4.39. The number of nitrogens with zero attached hydrogens (tertiary/aromatic N) is 7. The largest absolute Gasteiger partial charge is 0.250 e. The van der Waals surface area contributed by atoms with Crippen molar-refractivity contribution in [2.75, 3.05) is 0 Å². The Morgan fingerprint density at radius 3 is 2.85 bits per heavy atom. The number of aromatic nitrogens is 7. The third kappa shape index (κ3) is 1.37. The van der Waals surface area contributed by atoms with Gasteiger partial charge in [-0.25, -0.2) is 9.97 Å². The van der Waals surface area contributed by atoms with Crippen LogP contribution in [0.2, 0.25) is 0 Å². The summed E-state index contributed by atoms with van der Waals surface area (Å²) in [6.45, 7) is 1.94. The molecule has 1 aromatic carbocycles. The van der Waals surface area contributed by atoms with Crippen molar-refractivity contribution in [1.29, 1.82) is 0 Å². The lowest BCUT2D eigenvalue weighted by Gasteiger charge is -2.02. The molecule has 98 valence electrons. The highest BCUT2D eigenvalue weighted by Gasteiger charge is 2.16. The van der Waals surface area contributed by atoms with Crippen molar-refractivity contribution < 1.29 is 0 Å². The quantitative estimate of drug-likeness (QED) is 0.520. The highest BCUT2D eigenvalue weighted by Crippen LogP contribution is 2.23. The number of fused-ring (bicyclic) bond motifs is 2. The maximum Gasteiger partial charge on any atom is 0.170 e. The second-order valence-electron chi connectivity index (χ2n) is 4.59. The van der Waals surface area contributed by atoms with E-state index in [0.717, 1.165) is 27.8 Å². The van der Waals surface area contributed by atoms with Gasteiger partial charge in [-0.1, -0.05) is 17.3 Å². The third-order valence-electron chi connectivity index (χ3n) is 3.33. The summed E-state index contributed by atoms with van der Waals surface area (Å²) in [4.78, 5) is 8.65. The van der Waals surface area contributed by atoms with E-state index in [1.165, 1.54) is 6.33 Å². The predicted molar refractivity (Wildman–Crippen MR) is 73.5 cm³/mol. The molecular formula is C13H11N7. The Balaban J connectivity index is 2.13. The van der Waals surface area contributed by atoms with Gasteiger partial charge in [0.25, 0.3) is 0 Å². The molecule has 3 aromatic heterocycles. The number of hydrogen-bond donors (Lipinski definition) is 0. The molecule has 20 heavy (non-hydrogen) atoms. The van der Waals surface area contributed by atoms with Gasteiger partial charge in [-0.15, -0.1) is 5.10 Å². The van der Waals surface area contributed by atoms with Crippen LogP contribution in [-0.4, -0.2) is 34.7 Å². The van der Waals surface area contributed by atoms with Crippen molar-refractivity contribution >= 4 is 22.1 Å². The lowest BCUT2D eigenvalue weighted by Crippen LogP contribution is -2.02. The third-order valence-corrected chi connectivity index (χ3v) is 3.33. The molecular weight excluding hydrogens is 254 g/mol. The Morgan fingerprint density at radius 1 is 1.10 bits per heavy atom. The Labute approximate surface area is 113 Å². The number of aryl methyl sites for hydroxylation is 2. The zero-order valence-electron chi connectivity index (χ0n) is 11.0. The van der Waals surface area contributed by atoms with Gasteiger partial charge in [0.15, 0.2) is 11.5 Å². The van der Waals surface area contributed by atoms with Gasteiger partial charge < -0.3 is 0 Å². The summed E-state index contributed by atoms with van der Waals surface area (Å²) in [7, 11) is 1.87. The average molecular weight is 265 g/mol. The van der Waals surface area contributed by atoms with Gasteiger partial charge in [0.05, 0.1) is 16.6 Å². The fourth-order valence-corrected chi connectivity index (χ4v) is 2.44. The van der Waals surface area contributed by atoms with Crippen molar-refractivity contribution in [3.05, 3.63) is 36.3 Å². The van der Waals surface area contributed by atoms with Crippen molar-refractivity contribution in [2.24, 2.45) is 7.05 Å². The molecule has 3 heterocycles. The lowest BCUT2D eigenvalue weighted by atomic mass is 10.3. The summed E-state index contributed by atoms with van der Waals surface area (Å²) in [6, 6.07) is 7.78. The molecule has 7 heteroatoms. The molecule has 0 aliphatic heterocycles. The number of benzene rings is 1. The fraction of sp³-hybridized carbons (Fsp3) is 0.154. The van der Waals surface area contributed by atoms with Crippen LogP contribution >= 0.6 is 0 Å². The molecule has 0 saturated carbocycles. The first-order chi connectivity index (χ1) is 9.75. The first kappa shape index (κ1) is 11.0. The minimum atomic E-state index is 0.703. The Hall–Kier alpha value is -2.83. The van der Waals surface area contributed by atoms with Gasteiger partial charge in [0.1, 0.15) is 11.8 Å². The van der Waals surface area contributed by atoms with E-state index in [1.807, 2.05) is 38.2 Å². The number of hydrogen-bond acceptors (Lipinski definition) is 5. The SMILES string of the molecule is Cc1nn(C)c2ncnc(-n3nnc4ccccc43)c12. The molecule has 0 radical (unpaired) electrons. The molecule has 0 fully saturated rings. The van der Waals surface area contributed by atoms with E-state index in [9.17, 15) is 0 Å². The minimum absolute atomic E-state index is 0.703. The number of para-hydroxylation sites is 1. The Morgan fingerprint density at radius 2 is 1.95 bits per heavy atom. The topological polar surface area (TPSA) is 74.3 Å². The van der Waals surface area contributed by atoms with Gasteiger partial charge in [-0.2, -0.15) is 9.78 Å². The summed E-state index contributed by atoms with van der Waals surface area (Å²) < 4.78 is 3.48. The van der Waals surface area contributed by atoms with Gasteiger partial charge >= 0.3 is 0 Å². The molecule has 0 saturated heterocycles. The maximum atomic E-state index is 4.39. The standard InChI is InChI=1S/C13H11N7/c1-8-11-12(19(2)17-8)14-7-15-13(11)20-10-6-4-3-5-9(10)16-18-20/h3-7H,1-2H3. The van der Waals surface area contributed by atoms with E-state index >= 15 is 0 Å². The van der Waals surface area contributed by atoms with E-state index in [1.54, 1.807) is 9.36 Å². The van der Waals surface area contributed by atoms with Crippen LogP contribution < -0.4 is 0 Å². The predicted octanol–water partition coefficient (Wildman–Crippen LogP) is 1.41. The highest BCUT2D eigenvalue weighted by molar-refractivity contribution is 5.87. The van der Waals surface area contributed by atoms with Gasteiger partial charge in [0.2, 0.25) is 0 Å². The van der Waals surface area contributed by atoms with E-state index in [4.69, 9.17) is 0 Å². The molecule has 4 rings (SSSR count). The van der Waals surface area contributed by atoms with Gasteiger partial charge in [-0.05, 0) is 19.1 Å². The monoisotopic (exact) mass is 265 g/mol. The summed E-state index contributed by atoms with van der Waals surface area (Å²) >= 11 is 0. The molecule has 0 aliphatic rings. The van der Waals surface area contributed by atoms with Crippen LogP contribution in [0, 0.1) is 6.92 Å². The molecule has 0 unspecified atom stereocenters. The highest BCUT2D eigenvalue weighted by atomic mass is 15.4. The normalized spacial score (nSPS) is 11.5. The van der Waals surface area contributed by atoms with Crippen molar-refractivity contribution in [3.63, 3.8) is 0 Å². The van der Waals surface area contributed by atoms with Crippen molar-refractivity contribution in [1.82, 2.24) is 34.7 Å². The first-order valence-electron chi connectivity index (χ1n) is 6.21. The second kappa shape index (κ2) is 3.83. The zero-order valence-corrected chi connectivity index (χ0v) is 11.0. The Kier molecular flexibility index (Phi) is 2.11. The smallest absolute Gasteiger partial charge is 0.170 e. The molecule has 0 spiro atoms. The zero-order chi connectivity index (χ0) is 13.7. The summed E-state index contributed by atoms with van der Waals surface area (Å²) in [5.74, 6) is 0.703. The van der Waals surface area contributed by atoms with E-state index < -0.39 is 0 Å². The molecule has 0 N–H and O–H groups in total. The van der Waals surface area contributed by atoms with Crippen LogP contribution in [0.3, 0.4) is 0 Å². The number of rotatable bonds is 1. The molecule has 4 aromatic rings. The average Bonchev–Trinajstić information content (AvgIpc) is 3.01. The minimum Gasteiger partial charge on any atom is -0.250 e. The van der Waals surface area contributed by atoms with Crippen LogP contribution in [0.1, 0.15) is 5.69 Å². The van der Waals surface area contributed by atoms with Crippen LogP contribution in [-0.2, 0) is 7.05 Å². The second-order valence-corrected chi connectivity index (χ2v) is 4.59. The summed E-state index contributed by atoms with van der Waals surface area (Å²) in [5.41, 5.74) is 3.40. The van der Waals surface area contributed by atoms with E-state index in [0.29, 0.717) is 5.82 Å². The molecule has 7 nitrogen and oxygen atoms in total. The lowest BCUT2D eigenvalue weighted by molar-refractivity contribution is 0.772. The van der Waals surface area contributed by atoms with Crippen molar-refractivity contribution in [3.8, 4) is 5.82 Å². The Bertz CT molecular complexity index is 934. The van der Waals surface area contributed by atoms with Gasteiger partial charge in [0, 0.05) is 7.05 Å². The molecule has 0 aliphatic carbocycles.